The number of carbonyl (C=O) groups is 3. The van der Waals surface area contributed by atoms with Crippen LogP contribution in [0.2, 0.25) is 0 Å². The van der Waals surface area contributed by atoms with Crippen molar-refractivity contribution in [2.75, 3.05) is 47.5 Å². The van der Waals surface area contributed by atoms with E-state index < -0.39 is 30.1 Å². The van der Waals surface area contributed by atoms with Gasteiger partial charge in [-0.25, -0.2) is 4.79 Å². The van der Waals surface area contributed by atoms with E-state index in [0.717, 1.165) is 5.56 Å². The number of benzene rings is 1. The molecule has 1 aromatic carbocycles. The van der Waals surface area contributed by atoms with Gasteiger partial charge in [-0.2, -0.15) is 0 Å². The molecule has 2 amide bonds. The zero-order chi connectivity index (χ0) is 25.7. The van der Waals surface area contributed by atoms with Crippen LogP contribution in [0.25, 0.3) is 0 Å². The number of methoxy groups -OCH3 is 3. The number of rotatable bonds is 11. The van der Waals surface area contributed by atoms with Crippen molar-refractivity contribution < 1.29 is 38.4 Å². The SMILES string of the molecule is COc1ccc(CN2CCN(C(=O)C(CC(C)C)NC(=O)C3OC3C(=O)O)CC2)c(OC)c1OC. The minimum absolute atomic E-state index is 0.164. The molecule has 0 radical (unpaired) electrons. The highest BCUT2D eigenvalue weighted by atomic mass is 16.6. The van der Waals surface area contributed by atoms with Crippen molar-refractivity contribution in [3.8, 4) is 17.2 Å². The molecule has 0 saturated carbocycles. The van der Waals surface area contributed by atoms with Crippen molar-refractivity contribution in [1.82, 2.24) is 15.1 Å². The Morgan fingerprint density at radius 3 is 2.20 bits per heavy atom. The summed E-state index contributed by atoms with van der Waals surface area (Å²) in [5.41, 5.74) is 0.951. The summed E-state index contributed by atoms with van der Waals surface area (Å²) in [5, 5.41) is 11.7. The first-order valence-electron chi connectivity index (χ1n) is 11.7. The van der Waals surface area contributed by atoms with E-state index in [4.69, 9.17) is 24.1 Å². The summed E-state index contributed by atoms with van der Waals surface area (Å²) in [4.78, 5) is 40.6. The Hall–Kier alpha value is -3.05. The largest absolute Gasteiger partial charge is 0.493 e. The molecule has 2 N–H and O–H groups in total. The molecule has 35 heavy (non-hydrogen) atoms. The normalized spacial score (nSPS) is 20.8. The van der Waals surface area contributed by atoms with Gasteiger partial charge in [-0.05, 0) is 18.4 Å². The Labute approximate surface area is 205 Å². The van der Waals surface area contributed by atoms with Crippen LogP contribution in [0.4, 0.5) is 0 Å². The Morgan fingerprint density at radius 2 is 1.69 bits per heavy atom. The third kappa shape index (κ3) is 6.34. The second-order valence-corrected chi connectivity index (χ2v) is 9.10. The summed E-state index contributed by atoms with van der Waals surface area (Å²) in [6.07, 6.45) is -1.72. The van der Waals surface area contributed by atoms with E-state index >= 15 is 0 Å². The number of hydrogen-bond donors (Lipinski definition) is 2. The van der Waals surface area contributed by atoms with E-state index in [1.165, 1.54) is 0 Å². The summed E-state index contributed by atoms with van der Waals surface area (Å²) in [6.45, 7) is 6.88. The van der Waals surface area contributed by atoms with E-state index in [-0.39, 0.29) is 11.8 Å². The number of nitrogens with zero attached hydrogens (tertiary/aromatic N) is 2. The standard InChI is InChI=1S/C24H35N3O8/c1-14(2)12-16(25-22(28)20-21(35-20)24(30)31)23(29)27-10-8-26(9-11-27)13-15-6-7-17(32-3)19(34-5)18(15)33-4/h6-7,14,16,20-21H,8-13H2,1-5H3,(H,25,28)(H,30,31). The number of carboxylic acid groups (broad SMARTS) is 1. The first kappa shape index (κ1) is 26.6. The number of ether oxygens (including phenoxy) is 4. The highest BCUT2D eigenvalue weighted by molar-refractivity contribution is 5.95. The average Bonchev–Trinajstić information content (AvgIpc) is 3.64. The fourth-order valence-corrected chi connectivity index (χ4v) is 4.32. The zero-order valence-electron chi connectivity index (χ0n) is 20.9. The van der Waals surface area contributed by atoms with Gasteiger partial charge in [0, 0.05) is 38.3 Å². The number of piperazine rings is 1. The van der Waals surface area contributed by atoms with Crippen LogP contribution in [0.3, 0.4) is 0 Å². The summed E-state index contributed by atoms with van der Waals surface area (Å²) in [7, 11) is 4.73. The third-order valence-electron chi connectivity index (χ3n) is 6.18. The van der Waals surface area contributed by atoms with Crippen molar-refractivity contribution in [2.24, 2.45) is 5.92 Å². The fourth-order valence-electron chi connectivity index (χ4n) is 4.32. The number of carboxylic acids is 1. The van der Waals surface area contributed by atoms with Crippen molar-refractivity contribution in [1.29, 1.82) is 0 Å². The van der Waals surface area contributed by atoms with Gasteiger partial charge in [0.25, 0.3) is 5.91 Å². The summed E-state index contributed by atoms with van der Waals surface area (Å²) >= 11 is 0. The maximum absolute atomic E-state index is 13.2. The molecular weight excluding hydrogens is 458 g/mol. The molecule has 0 aromatic heterocycles. The molecule has 194 valence electrons. The van der Waals surface area contributed by atoms with Crippen molar-refractivity contribution in [2.45, 2.75) is 45.1 Å². The molecular formula is C24H35N3O8. The highest BCUT2D eigenvalue weighted by Crippen LogP contribution is 2.40. The number of amides is 2. The molecule has 1 aromatic rings. The topological polar surface area (TPSA) is 130 Å². The average molecular weight is 494 g/mol. The molecule has 2 saturated heterocycles. The van der Waals surface area contributed by atoms with Gasteiger partial charge in [0.1, 0.15) is 6.04 Å². The molecule has 0 spiro atoms. The van der Waals surface area contributed by atoms with Gasteiger partial charge in [-0.3, -0.25) is 14.5 Å². The molecule has 2 aliphatic heterocycles. The van der Waals surface area contributed by atoms with Crippen LogP contribution in [-0.4, -0.2) is 98.4 Å². The van der Waals surface area contributed by atoms with E-state index in [2.05, 4.69) is 10.2 Å². The number of carbonyl (C=O) groups excluding carboxylic acids is 2. The number of nitrogens with one attached hydrogen (secondary N) is 1. The Kier molecular flexibility index (Phi) is 8.79. The Morgan fingerprint density at radius 1 is 1.03 bits per heavy atom. The lowest BCUT2D eigenvalue weighted by Crippen LogP contribution is -2.55. The summed E-state index contributed by atoms with van der Waals surface area (Å²) in [5.74, 6) is 0.00879. The summed E-state index contributed by atoms with van der Waals surface area (Å²) in [6, 6.07) is 3.06. The predicted octanol–water partition coefficient (Wildman–Crippen LogP) is 0.740. The molecule has 3 atom stereocenters. The maximum atomic E-state index is 13.2. The smallest absolute Gasteiger partial charge is 0.336 e. The highest BCUT2D eigenvalue weighted by Gasteiger charge is 2.51. The van der Waals surface area contributed by atoms with Gasteiger partial charge in [0.05, 0.1) is 21.3 Å². The van der Waals surface area contributed by atoms with Crippen LogP contribution in [0, 0.1) is 5.92 Å². The maximum Gasteiger partial charge on any atom is 0.336 e. The predicted molar refractivity (Wildman–Crippen MR) is 126 cm³/mol. The van der Waals surface area contributed by atoms with Crippen LogP contribution >= 0.6 is 0 Å². The van der Waals surface area contributed by atoms with Gasteiger partial charge in [-0.15, -0.1) is 0 Å². The van der Waals surface area contributed by atoms with Gasteiger partial charge in [0.15, 0.2) is 23.7 Å². The van der Waals surface area contributed by atoms with Crippen molar-refractivity contribution >= 4 is 17.8 Å². The lowest BCUT2D eigenvalue weighted by molar-refractivity contribution is -0.138. The minimum Gasteiger partial charge on any atom is -0.493 e. The second-order valence-electron chi connectivity index (χ2n) is 9.10. The lowest BCUT2D eigenvalue weighted by atomic mass is 10.0. The summed E-state index contributed by atoms with van der Waals surface area (Å²) < 4.78 is 21.3. The van der Waals surface area contributed by atoms with E-state index in [0.29, 0.717) is 56.4 Å². The lowest BCUT2D eigenvalue weighted by Gasteiger charge is -2.37. The third-order valence-corrected chi connectivity index (χ3v) is 6.18. The minimum atomic E-state index is -1.18. The van der Waals surface area contributed by atoms with Gasteiger partial charge < -0.3 is 34.3 Å². The van der Waals surface area contributed by atoms with Crippen LogP contribution in [-0.2, 0) is 25.7 Å². The molecule has 0 bridgehead atoms. The van der Waals surface area contributed by atoms with E-state index in [1.807, 2.05) is 26.0 Å². The van der Waals surface area contributed by atoms with Gasteiger partial charge in [-0.1, -0.05) is 19.9 Å². The van der Waals surface area contributed by atoms with Crippen molar-refractivity contribution in [3.63, 3.8) is 0 Å². The fraction of sp³-hybridized carbons (Fsp3) is 0.625. The zero-order valence-corrected chi connectivity index (χ0v) is 20.9. The number of aliphatic carboxylic acids is 1. The monoisotopic (exact) mass is 493 g/mol. The van der Waals surface area contributed by atoms with E-state index in [9.17, 15) is 14.4 Å². The quantitative estimate of drug-likeness (QED) is 0.429. The van der Waals surface area contributed by atoms with Crippen LogP contribution in [0.1, 0.15) is 25.8 Å². The molecule has 3 unspecified atom stereocenters. The van der Waals surface area contributed by atoms with Crippen LogP contribution in [0.15, 0.2) is 12.1 Å². The van der Waals surface area contributed by atoms with Crippen LogP contribution in [0.5, 0.6) is 17.2 Å². The van der Waals surface area contributed by atoms with Crippen molar-refractivity contribution in [3.05, 3.63) is 17.7 Å². The number of epoxide rings is 1. The molecule has 0 aliphatic carbocycles. The molecule has 2 aliphatic rings. The molecule has 2 fully saturated rings. The molecule has 11 heteroatoms. The molecule has 2 heterocycles. The van der Waals surface area contributed by atoms with Gasteiger partial charge in [0.2, 0.25) is 11.7 Å². The number of hydrogen-bond acceptors (Lipinski definition) is 8. The Balaban J connectivity index is 1.60. The first-order valence-corrected chi connectivity index (χ1v) is 11.7. The Bertz CT molecular complexity index is 930. The van der Waals surface area contributed by atoms with Crippen LogP contribution < -0.4 is 19.5 Å². The molecule has 11 nitrogen and oxygen atoms in total. The van der Waals surface area contributed by atoms with Gasteiger partial charge >= 0.3 is 5.97 Å². The molecule has 3 rings (SSSR count). The van der Waals surface area contributed by atoms with E-state index in [1.54, 1.807) is 26.2 Å². The second kappa shape index (κ2) is 11.6. The first-order chi connectivity index (χ1) is 16.7.